The third-order valence-corrected chi connectivity index (χ3v) is 2.81. The number of unbranched alkanes of at least 4 members (excludes halogenated alkanes) is 2. The Morgan fingerprint density at radius 3 is 2.39 bits per heavy atom. The van der Waals surface area contributed by atoms with Crippen molar-refractivity contribution in [2.45, 2.75) is 52.9 Å². The number of urea groups is 1. The van der Waals surface area contributed by atoms with E-state index < -0.39 is 5.97 Å². The monoisotopic (exact) mass is 258 g/mol. The van der Waals surface area contributed by atoms with Crippen molar-refractivity contribution in [3.8, 4) is 0 Å². The van der Waals surface area contributed by atoms with Gasteiger partial charge in [0, 0.05) is 13.1 Å². The summed E-state index contributed by atoms with van der Waals surface area (Å²) in [5.41, 5.74) is 0.0826. The van der Waals surface area contributed by atoms with E-state index in [1.165, 1.54) is 19.3 Å². The Labute approximate surface area is 109 Å². The van der Waals surface area contributed by atoms with Gasteiger partial charge in [-0.2, -0.15) is 0 Å². The Morgan fingerprint density at radius 2 is 1.83 bits per heavy atom. The first-order valence-corrected chi connectivity index (χ1v) is 6.61. The van der Waals surface area contributed by atoms with Gasteiger partial charge in [-0.15, -0.1) is 0 Å². The molecule has 0 bridgehead atoms. The number of aliphatic carboxylic acids is 1. The predicted octanol–water partition coefficient (Wildman–Crippen LogP) is 2.37. The molecule has 0 radical (unpaired) electrons. The third-order valence-electron chi connectivity index (χ3n) is 2.81. The number of carbonyl (C=O) groups is 2. The fourth-order valence-corrected chi connectivity index (χ4v) is 1.61. The van der Waals surface area contributed by atoms with Crippen LogP contribution in [0.2, 0.25) is 0 Å². The van der Waals surface area contributed by atoms with E-state index in [9.17, 15) is 9.59 Å². The van der Waals surface area contributed by atoms with Gasteiger partial charge in [0.05, 0.1) is 6.42 Å². The summed E-state index contributed by atoms with van der Waals surface area (Å²) in [6.07, 6.45) is 4.61. The van der Waals surface area contributed by atoms with Crippen LogP contribution in [0.15, 0.2) is 0 Å². The molecule has 0 rings (SSSR count). The minimum atomic E-state index is -0.907. The lowest BCUT2D eigenvalue weighted by atomic mass is 9.87. The highest BCUT2D eigenvalue weighted by Gasteiger charge is 2.18. The molecule has 0 aromatic heterocycles. The fourth-order valence-electron chi connectivity index (χ4n) is 1.61. The molecule has 0 spiro atoms. The predicted molar refractivity (Wildman–Crippen MR) is 71.6 cm³/mol. The van der Waals surface area contributed by atoms with E-state index in [0.29, 0.717) is 6.54 Å². The van der Waals surface area contributed by atoms with Crippen LogP contribution in [0.4, 0.5) is 4.79 Å². The van der Waals surface area contributed by atoms with Crippen LogP contribution in [0.3, 0.4) is 0 Å². The molecule has 0 aromatic carbocycles. The largest absolute Gasteiger partial charge is 0.481 e. The molecule has 5 heteroatoms. The maximum atomic E-state index is 11.4. The maximum Gasteiger partial charge on any atom is 0.314 e. The Hall–Kier alpha value is -1.26. The molecule has 0 heterocycles. The van der Waals surface area contributed by atoms with Crippen molar-refractivity contribution in [3.05, 3.63) is 0 Å². The molecule has 0 fully saturated rings. The zero-order chi connectivity index (χ0) is 14.0. The van der Waals surface area contributed by atoms with Gasteiger partial charge in [-0.1, -0.05) is 40.0 Å². The molecule has 18 heavy (non-hydrogen) atoms. The summed E-state index contributed by atoms with van der Waals surface area (Å²) in [7, 11) is 0. The number of hydrogen-bond acceptors (Lipinski definition) is 2. The number of amides is 2. The quantitative estimate of drug-likeness (QED) is 0.555. The Morgan fingerprint density at radius 1 is 1.17 bits per heavy atom. The van der Waals surface area contributed by atoms with Crippen molar-refractivity contribution < 1.29 is 14.7 Å². The Balaban J connectivity index is 3.71. The molecule has 0 aliphatic carbocycles. The first-order valence-electron chi connectivity index (χ1n) is 6.61. The second-order valence-corrected chi connectivity index (χ2v) is 5.37. The van der Waals surface area contributed by atoms with Gasteiger partial charge in [0.2, 0.25) is 0 Å². The van der Waals surface area contributed by atoms with Gasteiger partial charge in [-0.25, -0.2) is 4.79 Å². The van der Waals surface area contributed by atoms with Gasteiger partial charge in [0.1, 0.15) is 0 Å². The summed E-state index contributed by atoms with van der Waals surface area (Å²) >= 11 is 0. The number of carboxylic acid groups (broad SMARTS) is 1. The molecule has 0 atom stereocenters. The van der Waals surface area contributed by atoms with Crippen LogP contribution < -0.4 is 10.6 Å². The highest BCUT2D eigenvalue weighted by molar-refractivity contribution is 5.74. The second kappa shape index (κ2) is 8.78. The third kappa shape index (κ3) is 9.93. The molecule has 0 unspecified atom stereocenters. The first-order chi connectivity index (χ1) is 8.37. The van der Waals surface area contributed by atoms with Crippen LogP contribution in [0.1, 0.15) is 52.9 Å². The van der Waals surface area contributed by atoms with E-state index in [1.54, 1.807) is 0 Å². The van der Waals surface area contributed by atoms with E-state index in [-0.39, 0.29) is 24.4 Å². The van der Waals surface area contributed by atoms with E-state index >= 15 is 0 Å². The molecule has 106 valence electrons. The number of carboxylic acids is 1. The highest BCUT2D eigenvalue weighted by Crippen LogP contribution is 2.22. The molecular formula is C13H26N2O3. The van der Waals surface area contributed by atoms with Gasteiger partial charge < -0.3 is 15.7 Å². The van der Waals surface area contributed by atoms with Crippen molar-refractivity contribution in [2.75, 3.05) is 13.1 Å². The van der Waals surface area contributed by atoms with Gasteiger partial charge >= 0.3 is 12.0 Å². The fraction of sp³-hybridized carbons (Fsp3) is 0.846. The molecule has 3 N–H and O–H groups in total. The van der Waals surface area contributed by atoms with Crippen LogP contribution in [0.25, 0.3) is 0 Å². The van der Waals surface area contributed by atoms with Gasteiger partial charge in [-0.05, 0) is 11.8 Å². The molecule has 5 nitrogen and oxygen atoms in total. The van der Waals surface area contributed by atoms with Crippen LogP contribution in [-0.2, 0) is 4.79 Å². The van der Waals surface area contributed by atoms with E-state index in [4.69, 9.17) is 5.11 Å². The van der Waals surface area contributed by atoms with E-state index in [1.807, 2.05) is 0 Å². The van der Waals surface area contributed by atoms with Crippen molar-refractivity contribution in [3.63, 3.8) is 0 Å². The zero-order valence-corrected chi connectivity index (χ0v) is 11.7. The van der Waals surface area contributed by atoms with Crippen LogP contribution >= 0.6 is 0 Å². The number of hydrogen-bond donors (Lipinski definition) is 3. The molecule has 0 aliphatic heterocycles. The summed E-state index contributed by atoms with van der Waals surface area (Å²) in [6.45, 7) is 7.19. The van der Waals surface area contributed by atoms with Gasteiger partial charge in [0.25, 0.3) is 0 Å². The summed E-state index contributed by atoms with van der Waals surface area (Å²) < 4.78 is 0. The Kier molecular flexibility index (Phi) is 8.16. The minimum Gasteiger partial charge on any atom is -0.481 e. The van der Waals surface area contributed by atoms with Crippen LogP contribution in [0, 0.1) is 5.41 Å². The minimum absolute atomic E-state index is 0.0483. The number of rotatable bonds is 9. The highest BCUT2D eigenvalue weighted by atomic mass is 16.4. The van der Waals surface area contributed by atoms with Crippen molar-refractivity contribution in [1.29, 1.82) is 0 Å². The second-order valence-electron chi connectivity index (χ2n) is 5.37. The average Bonchev–Trinajstić information content (AvgIpc) is 2.26. The molecule has 0 saturated heterocycles. The van der Waals surface area contributed by atoms with Crippen LogP contribution in [0.5, 0.6) is 0 Å². The average molecular weight is 258 g/mol. The lowest BCUT2D eigenvalue weighted by Gasteiger charge is -2.25. The summed E-state index contributed by atoms with van der Waals surface area (Å²) in [5, 5.41) is 13.7. The maximum absolute atomic E-state index is 11.4. The molecule has 0 aliphatic rings. The summed E-state index contributed by atoms with van der Waals surface area (Å²) in [6, 6.07) is -0.292. The van der Waals surface area contributed by atoms with Crippen molar-refractivity contribution in [2.24, 2.45) is 5.41 Å². The zero-order valence-electron chi connectivity index (χ0n) is 11.7. The number of carbonyl (C=O) groups excluding carboxylic acids is 1. The van der Waals surface area contributed by atoms with E-state index in [0.717, 1.165) is 6.42 Å². The van der Waals surface area contributed by atoms with E-state index in [2.05, 4.69) is 31.4 Å². The van der Waals surface area contributed by atoms with Gasteiger partial charge in [-0.3, -0.25) is 4.79 Å². The lowest BCUT2D eigenvalue weighted by Crippen LogP contribution is -2.41. The normalized spacial score (nSPS) is 11.1. The molecule has 0 saturated carbocycles. The summed E-state index contributed by atoms with van der Waals surface area (Å²) in [5.74, 6) is -0.907. The van der Waals surface area contributed by atoms with Crippen LogP contribution in [-0.4, -0.2) is 30.2 Å². The Bertz CT molecular complexity index is 265. The smallest absolute Gasteiger partial charge is 0.314 e. The topological polar surface area (TPSA) is 78.4 Å². The number of nitrogens with one attached hydrogen (secondary N) is 2. The molecule has 0 aromatic rings. The summed E-state index contributed by atoms with van der Waals surface area (Å²) in [4.78, 5) is 21.7. The molecule has 2 amide bonds. The standard InChI is InChI=1S/C13H26N2O3/c1-4-5-6-8-13(2,3)10-15-12(18)14-9-7-11(16)17/h4-10H2,1-3H3,(H,16,17)(H2,14,15,18). The van der Waals surface area contributed by atoms with Crippen molar-refractivity contribution in [1.82, 2.24) is 10.6 Å². The van der Waals surface area contributed by atoms with Gasteiger partial charge in [0.15, 0.2) is 0 Å². The lowest BCUT2D eigenvalue weighted by molar-refractivity contribution is -0.136. The molecular weight excluding hydrogens is 232 g/mol. The SMILES string of the molecule is CCCCCC(C)(C)CNC(=O)NCCC(=O)O. The van der Waals surface area contributed by atoms with Crippen molar-refractivity contribution >= 4 is 12.0 Å². The first kappa shape index (κ1) is 16.7.